The number of pyridine rings is 2. The van der Waals surface area contributed by atoms with Crippen LogP contribution < -0.4 is 31.9 Å². The molecule has 0 saturated carbocycles. The van der Waals surface area contributed by atoms with Crippen molar-refractivity contribution in [3.8, 4) is 0 Å². The number of alkyl halides is 2. The van der Waals surface area contributed by atoms with Crippen molar-refractivity contribution in [1.82, 2.24) is 30.0 Å². The highest BCUT2D eigenvalue weighted by atomic mass is 32.1. The summed E-state index contributed by atoms with van der Waals surface area (Å²) in [6.45, 7) is 12.6. The van der Waals surface area contributed by atoms with Crippen LogP contribution in [0.4, 0.5) is 48.9 Å². The number of aromatic nitrogens is 4. The zero-order chi connectivity index (χ0) is 48.9. The van der Waals surface area contributed by atoms with E-state index in [1.807, 2.05) is 69.5 Å². The lowest BCUT2D eigenvalue weighted by molar-refractivity contribution is -0.00209. The first-order valence-electron chi connectivity index (χ1n) is 21.6. The van der Waals surface area contributed by atoms with E-state index in [0.29, 0.717) is 39.8 Å². The predicted molar refractivity (Wildman–Crippen MR) is 267 cm³/mol. The van der Waals surface area contributed by atoms with Crippen LogP contribution in [0.15, 0.2) is 96.1 Å². The number of hydrogen-bond acceptors (Lipinski definition) is 15. The number of nitrogens with zero attached hydrogens (tertiary/aromatic N) is 4. The number of aliphatic hydroxyl groups is 3. The molecule has 15 nitrogen and oxygen atoms in total. The average molecular weight is 957 g/mol. The van der Waals surface area contributed by atoms with Crippen molar-refractivity contribution in [2.75, 3.05) is 34.4 Å². The number of halogens is 2. The Hall–Kier alpha value is -6.38. The van der Waals surface area contributed by atoms with Crippen LogP contribution in [0.3, 0.4) is 0 Å². The summed E-state index contributed by atoms with van der Waals surface area (Å²) in [4.78, 5) is 38.5. The molecule has 0 unspecified atom stereocenters. The molecule has 0 aliphatic heterocycles. The van der Waals surface area contributed by atoms with Crippen molar-refractivity contribution in [3.05, 3.63) is 113 Å². The maximum Gasteiger partial charge on any atom is 0.255 e. The summed E-state index contributed by atoms with van der Waals surface area (Å²) in [6, 6.07) is 22.2. The monoisotopic (exact) mass is 956 g/mol. The standard InChI is InChI=1S/C25H26FN5O3S.C21H26FN5O2S.C2H6/c1-25(2,34)22(26)12-28-24(33)18-11-27-23(31-17-6-7-19-21(9-17)35-14-29-19)10-20(18)30-16-5-3-4-15(8-16)13-32;1-12(2)25-17-8-19(26-14-5-6-16-13(7-14)11-30-27-16)23-9-15(17)20(28)24-10-18(22)21(3,4)29;1-2/h3-11,14,22,32,34H,12-13H2,1-2H3,(H,28,33)(H2,27,30,31);5-9,11-12,18,29H,10H2,1-4H3,(H,24,28)(H2,23,25,26);1-2H3/t22-;18-;/m11./s1. The number of amides is 2. The number of benzene rings is 3. The number of rotatable bonds is 17. The van der Waals surface area contributed by atoms with E-state index in [-0.39, 0.29) is 31.3 Å². The van der Waals surface area contributed by atoms with Crippen molar-refractivity contribution in [1.29, 1.82) is 0 Å². The molecule has 0 spiro atoms. The summed E-state index contributed by atoms with van der Waals surface area (Å²) in [5.74, 6) is 0.0564. The molecule has 0 aliphatic rings. The minimum Gasteiger partial charge on any atom is -0.392 e. The van der Waals surface area contributed by atoms with Crippen molar-refractivity contribution >= 4 is 95.9 Å². The van der Waals surface area contributed by atoms with Gasteiger partial charge < -0.3 is 47.2 Å². The quantitative estimate of drug-likeness (QED) is 0.0416. The molecule has 0 bridgehead atoms. The number of hydrogen-bond donors (Lipinski definition) is 9. The van der Waals surface area contributed by atoms with Crippen LogP contribution in [0.1, 0.15) is 81.7 Å². The highest BCUT2D eigenvalue weighted by Crippen LogP contribution is 2.29. The van der Waals surface area contributed by atoms with Gasteiger partial charge in [-0.05, 0) is 107 Å². The summed E-state index contributed by atoms with van der Waals surface area (Å²) in [5, 5.41) is 49.9. The van der Waals surface area contributed by atoms with Gasteiger partial charge in [0.1, 0.15) is 24.0 Å². The average Bonchev–Trinajstić information content (AvgIpc) is 3.97. The van der Waals surface area contributed by atoms with Gasteiger partial charge >= 0.3 is 0 Å². The number of anilines is 7. The second-order valence-corrected chi connectivity index (χ2v) is 18.1. The fourth-order valence-corrected chi connectivity index (χ4v) is 7.43. The van der Waals surface area contributed by atoms with Gasteiger partial charge in [-0.25, -0.2) is 23.7 Å². The molecule has 356 valence electrons. The number of nitrogens with one attached hydrogen (secondary N) is 6. The fourth-order valence-electron chi connectivity index (χ4n) is 6.08. The fraction of sp³-hybridized carbons (Fsp3) is 0.333. The van der Waals surface area contributed by atoms with Gasteiger partial charge in [0.2, 0.25) is 0 Å². The van der Waals surface area contributed by atoms with Crippen LogP contribution in [0, 0.1) is 0 Å². The number of carbonyl (C=O) groups excluding carboxylic acids is 2. The first kappa shape index (κ1) is 51.6. The first-order chi connectivity index (χ1) is 31.9. The van der Waals surface area contributed by atoms with Crippen molar-refractivity contribution in [2.45, 2.75) is 91.6 Å². The molecular formula is C48H58F2N10O5S2. The summed E-state index contributed by atoms with van der Waals surface area (Å²) in [5.41, 5.74) is 5.06. The molecule has 0 radical (unpaired) electrons. The van der Waals surface area contributed by atoms with Gasteiger partial charge in [-0.15, -0.1) is 11.3 Å². The van der Waals surface area contributed by atoms with Crippen LogP contribution in [-0.2, 0) is 6.61 Å². The largest absolute Gasteiger partial charge is 0.392 e. The molecule has 0 saturated heterocycles. The molecule has 2 amide bonds. The zero-order valence-corrected chi connectivity index (χ0v) is 40.2. The highest BCUT2D eigenvalue weighted by molar-refractivity contribution is 7.16. The SMILES string of the molecule is CC.CC(C)(O)[C@H](F)CNC(=O)c1cnc(Nc2ccc3ncsc3c2)cc1Nc1cccc(CO)c1.CC(C)Nc1cc(Nc2ccc3nscc3c2)ncc1C(=O)NC[C@@H](F)C(C)(C)O. The molecule has 4 aromatic heterocycles. The Morgan fingerprint density at radius 3 is 1.84 bits per heavy atom. The van der Waals surface area contributed by atoms with E-state index in [9.17, 15) is 33.7 Å². The summed E-state index contributed by atoms with van der Waals surface area (Å²) >= 11 is 2.93. The van der Waals surface area contributed by atoms with E-state index in [1.54, 1.807) is 41.9 Å². The van der Waals surface area contributed by atoms with E-state index < -0.39 is 35.4 Å². The van der Waals surface area contributed by atoms with Gasteiger partial charge in [-0.2, -0.15) is 4.37 Å². The molecule has 0 aliphatic carbocycles. The smallest absolute Gasteiger partial charge is 0.255 e. The number of fused-ring (bicyclic) bond motifs is 2. The minimum absolute atomic E-state index is 0.0744. The molecular weight excluding hydrogens is 899 g/mol. The topological polar surface area (TPSA) is 219 Å². The lowest BCUT2D eigenvalue weighted by Gasteiger charge is -2.23. The van der Waals surface area contributed by atoms with Crippen molar-refractivity contribution < 1.29 is 33.7 Å². The van der Waals surface area contributed by atoms with Gasteiger partial charge in [0.15, 0.2) is 0 Å². The van der Waals surface area contributed by atoms with E-state index in [2.05, 4.69) is 51.2 Å². The molecule has 7 rings (SSSR count). The van der Waals surface area contributed by atoms with E-state index in [4.69, 9.17) is 0 Å². The number of carbonyl (C=O) groups is 2. The van der Waals surface area contributed by atoms with Crippen molar-refractivity contribution in [3.63, 3.8) is 0 Å². The third-order valence-corrected chi connectivity index (χ3v) is 11.2. The summed E-state index contributed by atoms with van der Waals surface area (Å²) in [7, 11) is 0. The molecule has 0 fully saturated rings. The van der Waals surface area contributed by atoms with Crippen LogP contribution in [0.5, 0.6) is 0 Å². The van der Waals surface area contributed by atoms with Gasteiger partial charge in [0, 0.05) is 58.4 Å². The molecule has 3 aromatic carbocycles. The van der Waals surface area contributed by atoms with Crippen LogP contribution in [0.25, 0.3) is 21.1 Å². The normalized spacial score (nSPS) is 12.3. The molecule has 4 heterocycles. The Balaban J connectivity index is 0.000000245. The summed E-state index contributed by atoms with van der Waals surface area (Å²) < 4.78 is 33.5. The second-order valence-electron chi connectivity index (χ2n) is 16.5. The van der Waals surface area contributed by atoms with Gasteiger partial charge in [0.05, 0.1) is 74.6 Å². The Morgan fingerprint density at radius 1 is 0.701 bits per heavy atom. The molecule has 19 heteroatoms. The number of aliphatic hydroxyl groups excluding tert-OH is 1. The van der Waals surface area contributed by atoms with Crippen molar-refractivity contribution in [2.24, 2.45) is 0 Å². The minimum atomic E-state index is -1.64. The molecule has 2 atom stereocenters. The summed E-state index contributed by atoms with van der Waals surface area (Å²) in [6.07, 6.45) is -0.374. The molecule has 9 N–H and O–H groups in total. The highest BCUT2D eigenvalue weighted by Gasteiger charge is 2.28. The Bertz CT molecular complexity index is 2740. The maximum atomic E-state index is 14.2. The van der Waals surface area contributed by atoms with E-state index >= 15 is 0 Å². The van der Waals surface area contributed by atoms with Crippen LogP contribution in [-0.4, -0.2) is 89.1 Å². The first-order valence-corrected chi connectivity index (χ1v) is 23.3. The lowest BCUT2D eigenvalue weighted by Crippen LogP contribution is -2.42. The maximum absolute atomic E-state index is 14.2. The van der Waals surface area contributed by atoms with E-state index in [0.717, 1.165) is 32.5 Å². The van der Waals surface area contributed by atoms with Crippen LogP contribution >= 0.6 is 22.9 Å². The van der Waals surface area contributed by atoms with Crippen LogP contribution in [0.2, 0.25) is 0 Å². The Labute approximate surface area is 396 Å². The third kappa shape index (κ3) is 14.8. The predicted octanol–water partition coefficient (Wildman–Crippen LogP) is 9.63. The molecule has 7 aromatic rings. The third-order valence-electron chi connectivity index (χ3n) is 9.78. The number of thiazole rings is 1. The second kappa shape index (κ2) is 23.4. The van der Waals surface area contributed by atoms with Gasteiger partial charge in [-0.3, -0.25) is 9.59 Å². The van der Waals surface area contributed by atoms with Gasteiger partial charge in [0.25, 0.3) is 11.8 Å². The Kier molecular flexibility index (Phi) is 18.0. The van der Waals surface area contributed by atoms with Gasteiger partial charge in [-0.1, -0.05) is 26.0 Å². The lowest BCUT2D eigenvalue weighted by atomic mass is 10.0. The zero-order valence-electron chi connectivity index (χ0n) is 38.6. The molecule has 67 heavy (non-hydrogen) atoms. The Morgan fingerprint density at radius 2 is 1.25 bits per heavy atom. The van der Waals surface area contributed by atoms with E-state index in [1.165, 1.54) is 63.0 Å².